The van der Waals surface area contributed by atoms with Crippen molar-refractivity contribution in [1.29, 1.82) is 0 Å². The smallest absolute Gasteiger partial charge is 0.257 e. The third-order valence-electron chi connectivity index (χ3n) is 4.09. The fourth-order valence-electron chi connectivity index (χ4n) is 2.56. The van der Waals surface area contributed by atoms with E-state index in [4.69, 9.17) is 14.2 Å². The predicted molar refractivity (Wildman–Crippen MR) is 112 cm³/mol. The van der Waals surface area contributed by atoms with E-state index >= 15 is 0 Å². The number of amides is 1. The van der Waals surface area contributed by atoms with Crippen molar-refractivity contribution in [3.63, 3.8) is 0 Å². The van der Waals surface area contributed by atoms with Gasteiger partial charge < -0.3 is 24.8 Å². The summed E-state index contributed by atoms with van der Waals surface area (Å²) < 4.78 is 15.9. The molecule has 0 bridgehead atoms. The normalized spacial score (nSPS) is 10.1. The fourth-order valence-corrected chi connectivity index (χ4v) is 2.56. The molecule has 150 valence electrons. The molecule has 0 aliphatic carbocycles. The highest BCUT2D eigenvalue weighted by molar-refractivity contribution is 6.04. The molecule has 3 aromatic rings. The zero-order valence-electron chi connectivity index (χ0n) is 16.3. The Labute approximate surface area is 169 Å². The number of hydrogen-bond donors (Lipinski definition) is 2. The van der Waals surface area contributed by atoms with Crippen molar-refractivity contribution in [3.05, 3.63) is 72.4 Å². The average Bonchev–Trinajstić information content (AvgIpc) is 2.77. The van der Waals surface area contributed by atoms with Crippen LogP contribution in [0.3, 0.4) is 0 Å². The first-order chi connectivity index (χ1) is 14.2. The van der Waals surface area contributed by atoms with Gasteiger partial charge in [0.2, 0.25) is 0 Å². The van der Waals surface area contributed by atoms with E-state index in [9.17, 15) is 4.79 Å². The number of nitrogens with zero attached hydrogens (tertiary/aromatic N) is 1. The van der Waals surface area contributed by atoms with Gasteiger partial charge in [-0.1, -0.05) is 6.07 Å². The van der Waals surface area contributed by atoms with Crippen molar-refractivity contribution in [2.75, 3.05) is 38.0 Å². The highest BCUT2D eigenvalue weighted by atomic mass is 16.5. The van der Waals surface area contributed by atoms with E-state index in [1.165, 1.54) is 6.20 Å². The molecular formula is C22H23N3O4. The van der Waals surface area contributed by atoms with Crippen molar-refractivity contribution >= 4 is 17.4 Å². The Kier molecular flexibility index (Phi) is 6.89. The van der Waals surface area contributed by atoms with Gasteiger partial charge in [0.05, 0.1) is 26.3 Å². The second-order valence-corrected chi connectivity index (χ2v) is 6.07. The molecule has 3 rings (SSSR count). The topological polar surface area (TPSA) is 81.7 Å². The van der Waals surface area contributed by atoms with Gasteiger partial charge in [-0.15, -0.1) is 0 Å². The number of nitrogens with one attached hydrogen (secondary N) is 2. The number of hydrogen-bond acceptors (Lipinski definition) is 6. The van der Waals surface area contributed by atoms with Gasteiger partial charge in [-0.2, -0.15) is 0 Å². The maximum Gasteiger partial charge on any atom is 0.257 e. The number of benzene rings is 2. The molecule has 2 aromatic carbocycles. The molecule has 0 spiro atoms. The minimum atomic E-state index is -0.236. The lowest BCUT2D eigenvalue weighted by molar-refractivity contribution is 0.102. The summed E-state index contributed by atoms with van der Waals surface area (Å²) >= 11 is 0. The van der Waals surface area contributed by atoms with Crippen LogP contribution in [0.1, 0.15) is 10.4 Å². The van der Waals surface area contributed by atoms with Crippen LogP contribution in [-0.4, -0.2) is 38.3 Å². The summed E-state index contributed by atoms with van der Waals surface area (Å²) in [6.07, 6.45) is 1.53. The molecular weight excluding hydrogens is 370 g/mol. The van der Waals surface area contributed by atoms with Crippen molar-refractivity contribution < 1.29 is 19.0 Å². The van der Waals surface area contributed by atoms with Gasteiger partial charge in [-0.3, -0.25) is 4.79 Å². The molecule has 0 saturated heterocycles. The van der Waals surface area contributed by atoms with Crippen LogP contribution in [0.15, 0.2) is 66.9 Å². The van der Waals surface area contributed by atoms with Gasteiger partial charge in [0, 0.05) is 18.0 Å². The Morgan fingerprint density at radius 3 is 2.38 bits per heavy atom. The van der Waals surface area contributed by atoms with Crippen LogP contribution in [0.4, 0.5) is 11.5 Å². The zero-order valence-corrected chi connectivity index (χ0v) is 16.3. The van der Waals surface area contributed by atoms with E-state index in [0.717, 1.165) is 11.5 Å². The molecule has 0 radical (unpaired) electrons. The Morgan fingerprint density at radius 1 is 0.931 bits per heavy atom. The molecule has 0 unspecified atom stereocenters. The lowest BCUT2D eigenvalue weighted by Crippen LogP contribution is -2.14. The number of pyridine rings is 1. The van der Waals surface area contributed by atoms with Crippen LogP contribution in [0.2, 0.25) is 0 Å². The SMILES string of the molecule is COc1ccc(OCCNc2ccc(C(=O)Nc3cccc(OC)c3)cn2)cc1. The summed E-state index contributed by atoms with van der Waals surface area (Å²) in [5.74, 6) is 2.67. The number of carbonyl (C=O) groups is 1. The van der Waals surface area contributed by atoms with Crippen molar-refractivity contribution in [1.82, 2.24) is 4.98 Å². The summed E-state index contributed by atoms with van der Waals surface area (Å²) in [6.45, 7) is 1.06. The van der Waals surface area contributed by atoms with Gasteiger partial charge in [0.15, 0.2) is 0 Å². The van der Waals surface area contributed by atoms with E-state index in [1.807, 2.05) is 36.4 Å². The molecule has 29 heavy (non-hydrogen) atoms. The standard InChI is InChI=1S/C22H23N3O4/c1-27-18-7-9-19(10-8-18)29-13-12-23-21-11-6-16(15-24-21)22(26)25-17-4-3-5-20(14-17)28-2/h3-11,14-15H,12-13H2,1-2H3,(H,23,24)(H,25,26). The predicted octanol–water partition coefficient (Wildman–Crippen LogP) is 3.84. The number of aromatic nitrogens is 1. The Hall–Kier alpha value is -3.74. The molecule has 1 heterocycles. The van der Waals surface area contributed by atoms with Crippen LogP contribution in [0.5, 0.6) is 17.2 Å². The first-order valence-corrected chi connectivity index (χ1v) is 9.10. The second-order valence-electron chi connectivity index (χ2n) is 6.07. The van der Waals surface area contributed by atoms with Crippen molar-refractivity contribution in [3.8, 4) is 17.2 Å². The number of methoxy groups -OCH3 is 2. The maximum absolute atomic E-state index is 12.3. The largest absolute Gasteiger partial charge is 0.497 e. The van der Waals surface area contributed by atoms with Gasteiger partial charge in [0.1, 0.15) is 29.7 Å². The summed E-state index contributed by atoms with van der Waals surface area (Å²) in [6, 6.07) is 18.1. The fraction of sp³-hybridized carbons (Fsp3) is 0.182. The summed E-state index contributed by atoms with van der Waals surface area (Å²) in [4.78, 5) is 16.6. The average molecular weight is 393 g/mol. The van der Waals surface area contributed by atoms with Crippen LogP contribution < -0.4 is 24.8 Å². The monoisotopic (exact) mass is 393 g/mol. The number of carbonyl (C=O) groups excluding carboxylic acids is 1. The Morgan fingerprint density at radius 2 is 1.69 bits per heavy atom. The first kappa shape index (κ1) is 20.0. The third-order valence-corrected chi connectivity index (χ3v) is 4.09. The Balaban J connectivity index is 1.45. The summed E-state index contributed by atoms with van der Waals surface area (Å²) in [5, 5.41) is 5.98. The Bertz CT molecular complexity index is 928. The first-order valence-electron chi connectivity index (χ1n) is 9.10. The minimum Gasteiger partial charge on any atom is -0.497 e. The van der Waals surface area contributed by atoms with E-state index in [2.05, 4.69) is 15.6 Å². The van der Waals surface area contributed by atoms with Crippen LogP contribution in [0.25, 0.3) is 0 Å². The summed E-state index contributed by atoms with van der Waals surface area (Å²) in [7, 11) is 3.21. The number of anilines is 2. The van der Waals surface area contributed by atoms with Crippen LogP contribution in [-0.2, 0) is 0 Å². The molecule has 0 atom stereocenters. The van der Waals surface area contributed by atoms with Gasteiger partial charge >= 0.3 is 0 Å². The minimum absolute atomic E-state index is 0.236. The van der Waals surface area contributed by atoms with Gasteiger partial charge in [-0.25, -0.2) is 4.98 Å². The quantitative estimate of drug-likeness (QED) is 0.538. The maximum atomic E-state index is 12.3. The zero-order chi connectivity index (χ0) is 20.5. The molecule has 1 amide bonds. The molecule has 0 aliphatic rings. The van der Waals surface area contributed by atoms with Crippen LogP contribution in [0, 0.1) is 0 Å². The second kappa shape index (κ2) is 9.98. The molecule has 7 nitrogen and oxygen atoms in total. The van der Waals surface area contributed by atoms with E-state index in [1.54, 1.807) is 38.5 Å². The van der Waals surface area contributed by atoms with Crippen molar-refractivity contribution in [2.45, 2.75) is 0 Å². The number of ether oxygens (including phenoxy) is 3. The third kappa shape index (κ3) is 5.87. The lowest BCUT2D eigenvalue weighted by atomic mass is 10.2. The molecule has 0 saturated carbocycles. The molecule has 7 heteroatoms. The van der Waals surface area contributed by atoms with Crippen LogP contribution >= 0.6 is 0 Å². The van der Waals surface area contributed by atoms with Gasteiger partial charge in [-0.05, 0) is 48.5 Å². The van der Waals surface area contributed by atoms with E-state index in [0.29, 0.717) is 36.0 Å². The lowest BCUT2D eigenvalue weighted by Gasteiger charge is -2.10. The molecule has 2 N–H and O–H groups in total. The number of rotatable bonds is 9. The molecule has 0 aliphatic heterocycles. The molecule has 0 fully saturated rings. The summed E-state index contributed by atoms with van der Waals surface area (Å²) in [5.41, 5.74) is 1.13. The highest BCUT2D eigenvalue weighted by Crippen LogP contribution is 2.18. The van der Waals surface area contributed by atoms with Crippen molar-refractivity contribution in [2.24, 2.45) is 0 Å². The van der Waals surface area contributed by atoms with E-state index < -0.39 is 0 Å². The van der Waals surface area contributed by atoms with E-state index in [-0.39, 0.29) is 5.91 Å². The van der Waals surface area contributed by atoms with Gasteiger partial charge in [0.25, 0.3) is 5.91 Å². The highest BCUT2D eigenvalue weighted by Gasteiger charge is 2.07. The molecule has 1 aromatic heterocycles.